The van der Waals surface area contributed by atoms with Gasteiger partial charge < -0.3 is 15.4 Å². The number of hydrogen-bond acceptors (Lipinski definition) is 6. The fourth-order valence-corrected chi connectivity index (χ4v) is 4.83. The molecule has 0 radical (unpaired) electrons. The van der Waals surface area contributed by atoms with Gasteiger partial charge in [-0.05, 0) is 46.1 Å². The highest BCUT2D eigenvalue weighted by molar-refractivity contribution is 9.10. The minimum atomic E-state index is -1.20. The summed E-state index contributed by atoms with van der Waals surface area (Å²) in [7, 11) is 1.20. The maximum atomic E-state index is 12.8. The fraction of sp³-hybridized carbons (Fsp3) is 0.217. The molecule has 0 unspecified atom stereocenters. The van der Waals surface area contributed by atoms with Crippen LogP contribution in [0.3, 0.4) is 0 Å². The largest absolute Gasteiger partial charge is 0.468 e. The van der Waals surface area contributed by atoms with Gasteiger partial charge >= 0.3 is 5.97 Å². The van der Waals surface area contributed by atoms with Crippen molar-refractivity contribution in [3.63, 3.8) is 0 Å². The van der Waals surface area contributed by atoms with E-state index in [2.05, 4.69) is 32.6 Å². The van der Waals surface area contributed by atoms with Crippen LogP contribution in [0, 0.1) is 24.2 Å². The zero-order chi connectivity index (χ0) is 23.3. The molecule has 164 valence electrons. The molecule has 0 aliphatic carbocycles. The number of methoxy groups -OCH3 is 1. The summed E-state index contributed by atoms with van der Waals surface area (Å²) in [5, 5.41) is 15.6. The molecule has 2 aromatic carbocycles. The summed E-state index contributed by atoms with van der Waals surface area (Å²) >= 11 is 4.45. The van der Waals surface area contributed by atoms with E-state index in [1.165, 1.54) is 7.11 Å². The SMILES string of the molecule is COC(=O)[C@H]1C(=O)NC(SCC(=O)Nc2ccc(C)cc2Br)=C(C#N)[C@H]1c1ccccc1. The molecule has 1 aliphatic rings. The molecule has 1 aliphatic heterocycles. The first kappa shape index (κ1) is 23.6. The van der Waals surface area contributed by atoms with Crippen molar-refractivity contribution in [3.05, 3.63) is 74.7 Å². The number of hydrogen-bond donors (Lipinski definition) is 2. The molecule has 2 atom stereocenters. The van der Waals surface area contributed by atoms with E-state index in [4.69, 9.17) is 4.74 Å². The average Bonchev–Trinajstić information content (AvgIpc) is 2.79. The number of aryl methyl sites for hydroxylation is 1. The third-order valence-corrected chi connectivity index (χ3v) is 6.56. The first-order chi connectivity index (χ1) is 15.3. The van der Waals surface area contributed by atoms with E-state index < -0.39 is 23.7 Å². The normalized spacial score (nSPS) is 17.9. The Bertz CT molecular complexity index is 1130. The highest BCUT2D eigenvalue weighted by atomic mass is 79.9. The van der Waals surface area contributed by atoms with Gasteiger partial charge in [0.1, 0.15) is 5.92 Å². The Morgan fingerprint density at radius 1 is 1.25 bits per heavy atom. The third-order valence-electron chi connectivity index (χ3n) is 4.89. The number of ether oxygens (including phenoxy) is 1. The molecule has 7 nitrogen and oxygen atoms in total. The van der Waals surface area contributed by atoms with Crippen molar-refractivity contribution in [2.45, 2.75) is 12.8 Å². The molecular weight excluding hydrogens is 494 g/mol. The number of esters is 1. The van der Waals surface area contributed by atoms with Crippen LogP contribution >= 0.6 is 27.7 Å². The average molecular weight is 514 g/mol. The van der Waals surface area contributed by atoms with Gasteiger partial charge in [0.2, 0.25) is 11.8 Å². The van der Waals surface area contributed by atoms with Crippen LogP contribution in [-0.4, -0.2) is 30.6 Å². The van der Waals surface area contributed by atoms with Crippen molar-refractivity contribution in [2.24, 2.45) is 5.92 Å². The molecule has 0 saturated heterocycles. The van der Waals surface area contributed by atoms with Crippen molar-refractivity contribution in [1.82, 2.24) is 5.32 Å². The van der Waals surface area contributed by atoms with Gasteiger partial charge in [-0.2, -0.15) is 5.26 Å². The van der Waals surface area contributed by atoms with Crippen molar-refractivity contribution in [2.75, 3.05) is 18.2 Å². The molecule has 2 aromatic rings. The second-order valence-corrected chi connectivity index (χ2v) is 8.89. The second kappa shape index (κ2) is 10.5. The van der Waals surface area contributed by atoms with E-state index in [0.29, 0.717) is 11.3 Å². The summed E-state index contributed by atoms with van der Waals surface area (Å²) < 4.78 is 5.57. The number of benzene rings is 2. The number of allylic oxidation sites excluding steroid dienone is 1. The zero-order valence-corrected chi connectivity index (χ0v) is 19.7. The van der Waals surface area contributed by atoms with Gasteiger partial charge in [-0.25, -0.2) is 0 Å². The molecule has 9 heteroatoms. The number of carbonyl (C=O) groups is 3. The summed E-state index contributed by atoms with van der Waals surface area (Å²) in [6.07, 6.45) is 0. The number of amides is 2. The van der Waals surface area contributed by atoms with E-state index in [-0.39, 0.29) is 22.3 Å². The Morgan fingerprint density at radius 3 is 2.59 bits per heavy atom. The van der Waals surface area contributed by atoms with Crippen LogP contribution in [0.5, 0.6) is 0 Å². The maximum absolute atomic E-state index is 12.8. The quantitative estimate of drug-likeness (QED) is 0.448. The number of halogens is 1. The monoisotopic (exact) mass is 513 g/mol. The number of carbonyl (C=O) groups excluding carboxylic acids is 3. The molecule has 0 bridgehead atoms. The van der Waals surface area contributed by atoms with Crippen molar-refractivity contribution in [3.8, 4) is 6.07 Å². The minimum Gasteiger partial charge on any atom is -0.468 e. The number of anilines is 1. The molecule has 2 amide bonds. The van der Waals surface area contributed by atoms with E-state index in [9.17, 15) is 19.6 Å². The van der Waals surface area contributed by atoms with Crippen molar-refractivity contribution in [1.29, 1.82) is 5.26 Å². The first-order valence-electron chi connectivity index (χ1n) is 9.62. The van der Waals surface area contributed by atoms with Crippen LogP contribution in [0.15, 0.2) is 63.6 Å². The topological polar surface area (TPSA) is 108 Å². The molecule has 2 N–H and O–H groups in total. The third kappa shape index (κ3) is 5.21. The predicted molar refractivity (Wildman–Crippen MR) is 125 cm³/mol. The standard InChI is InChI=1S/C23H20BrN3O4S/c1-13-8-9-17(16(24)10-13)26-18(28)12-32-22-15(11-25)19(14-6-4-3-5-7-14)20(21(29)27-22)23(30)31-2/h3-10,19-20H,12H2,1-2H3,(H,26,28)(H,27,29)/t19-,20-/m1/s1. The molecule has 32 heavy (non-hydrogen) atoms. The molecule has 0 spiro atoms. The van der Waals surface area contributed by atoms with Gasteiger partial charge in [0, 0.05) is 10.4 Å². The van der Waals surface area contributed by atoms with Gasteiger partial charge in [0.05, 0.1) is 35.2 Å². The smallest absolute Gasteiger partial charge is 0.319 e. The van der Waals surface area contributed by atoms with Gasteiger partial charge in [-0.3, -0.25) is 14.4 Å². The summed E-state index contributed by atoms with van der Waals surface area (Å²) in [5.74, 6) is -3.64. The van der Waals surface area contributed by atoms with E-state index >= 15 is 0 Å². The number of nitriles is 1. The molecule has 1 heterocycles. The Balaban J connectivity index is 1.86. The first-order valence-corrected chi connectivity index (χ1v) is 11.4. The summed E-state index contributed by atoms with van der Waals surface area (Å²) in [4.78, 5) is 37.6. The highest BCUT2D eigenvalue weighted by Crippen LogP contribution is 2.40. The van der Waals surface area contributed by atoms with Crippen LogP contribution in [0.2, 0.25) is 0 Å². The summed E-state index contributed by atoms with van der Waals surface area (Å²) in [6, 6.07) is 16.5. The van der Waals surface area contributed by atoms with E-state index in [0.717, 1.165) is 21.8 Å². The molecule has 3 rings (SSSR count). The Labute approximate surface area is 198 Å². The molecule has 0 saturated carbocycles. The lowest BCUT2D eigenvalue weighted by Crippen LogP contribution is -2.44. The van der Waals surface area contributed by atoms with Crippen molar-refractivity contribution >= 4 is 51.2 Å². The lowest BCUT2D eigenvalue weighted by molar-refractivity contribution is -0.150. The van der Waals surface area contributed by atoms with Gasteiger partial charge in [0.15, 0.2) is 0 Å². The van der Waals surface area contributed by atoms with Gasteiger partial charge in [-0.1, -0.05) is 48.2 Å². The molecule has 0 aromatic heterocycles. The van der Waals surface area contributed by atoms with Gasteiger partial charge in [-0.15, -0.1) is 0 Å². The van der Waals surface area contributed by atoms with Crippen LogP contribution in [0.1, 0.15) is 17.0 Å². The Hall–Kier alpha value is -3.09. The van der Waals surface area contributed by atoms with Crippen LogP contribution in [-0.2, 0) is 19.1 Å². The lowest BCUT2D eigenvalue weighted by atomic mass is 9.78. The molecular formula is C23H20BrN3O4S. The number of thioether (sulfide) groups is 1. The fourth-order valence-electron chi connectivity index (χ4n) is 3.39. The van der Waals surface area contributed by atoms with Crippen molar-refractivity contribution < 1.29 is 19.1 Å². The van der Waals surface area contributed by atoms with E-state index in [1.54, 1.807) is 36.4 Å². The maximum Gasteiger partial charge on any atom is 0.319 e. The summed E-state index contributed by atoms with van der Waals surface area (Å²) in [5.41, 5.74) is 2.52. The zero-order valence-electron chi connectivity index (χ0n) is 17.3. The Morgan fingerprint density at radius 2 is 1.97 bits per heavy atom. The lowest BCUT2D eigenvalue weighted by Gasteiger charge is -2.30. The number of nitrogens with zero attached hydrogens (tertiary/aromatic N) is 1. The number of rotatable bonds is 6. The van der Waals surface area contributed by atoms with Crippen LogP contribution < -0.4 is 10.6 Å². The molecule has 0 fully saturated rings. The van der Waals surface area contributed by atoms with Crippen LogP contribution in [0.25, 0.3) is 0 Å². The summed E-state index contributed by atoms with van der Waals surface area (Å²) in [6.45, 7) is 1.94. The number of nitrogens with one attached hydrogen (secondary N) is 2. The minimum absolute atomic E-state index is 0.0362. The predicted octanol–water partition coefficient (Wildman–Crippen LogP) is 3.87. The second-order valence-electron chi connectivity index (χ2n) is 7.05. The van der Waals surface area contributed by atoms with Crippen LogP contribution in [0.4, 0.5) is 5.69 Å². The highest BCUT2D eigenvalue weighted by Gasteiger charge is 2.44. The van der Waals surface area contributed by atoms with Gasteiger partial charge in [0.25, 0.3) is 0 Å². The van der Waals surface area contributed by atoms with E-state index in [1.807, 2.05) is 19.1 Å². The Kier molecular flexibility index (Phi) is 7.72.